The number of aromatic nitrogens is 1. The molecule has 5 rings (SSSR count). The smallest absolute Gasteiger partial charge is 0.175 e. The monoisotopic (exact) mass is 530 g/mol. The predicted octanol–water partition coefficient (Wildman–Crippen LogP) is 6.12. The SMILES string of the molecule is CCN1CCN(c2ccc(NC3=N/C=C/CC(C)/C(Oc4ccc5[nH]c(C)cc5c4F)=C\3C#N)cc2F)CC1. The van der Waals surface area contributed by atoms with Crippen LogP contribution in [-0.4, -0.2) is 48.4 Å². The van der Waals surface area contributed by atoms with Gasteiger partial charge in [0.1, 0.15) is 23.2 Å². The summed E-state index contributed by atoms with van der Waals surface area (Å²) in [5.41, 5.74) is 2.64. The van der Waals surface area contributed by atoms with Gasteiger partial charge in [0.25, 0.3) is 0 Å². The number of nitrogens with one attached hydrogen (secondary N) is 2. The molecule has 202 valence electrons. The zero-order valence-corrected chi connectivity index (χ0v) is 22.4. The second kappa shape index (κ2) is 11.3. The molecule has 3 heterocycles. The summed E-state index contributed by atoms with van der Waals surface area (Å²) in [5, 5.41) is 13.7. The van der Waals surface area contributed by atoms with E-state index < -0.39 is 5.82 Å². The van der Waals surface area contributed by atoms with Crippen LogP contribution in [-0.2, 0) is 0 Å². The van der Waals surface area contributed by atoms with Gasteiger partial charge in [0, 0.05) is 60.6 Å². The van der Waals surface area contributed by atoms with Crippen LogP contribution in [0.25, 0.3) is 10.9 Å². The number of ether oxygens (including phenoxy) is 1. The average Bonchev–Trinajstić information content (AvgIpc) is 3.32. The van der Waals surface area contributed by atoms with Gasteiger partial charge in [-0.3, -0.25) is 0 Å². The number of fused-ring (bicyclic) bond motifs is 1. The van der Waals surface area contributed by atoms with Crippen LogP contribution in [0.3, 0.4) is 0 Å². The lowest BCUT2D eigenvalue weighted by Crippen LogP contribution is -2.46. The lowest BCUT2D eigenvalue weighted by atomic mass is 9.99. The number of benzene rings is 2. The van der Waals surface area contributed by atoms with Gasteiger partial charge in [-0.2, -0.15) is 5.26 Å². The molecule has 2 aromatic carbocycles. The highest BCUT2D eigenvalue weighted by Gasteiger charge is 2.25. The third-order valence-corrected chi connectivity index (χ3v) is 7.27. The zero-order chi connectivity index (χ0) is 27.5. The Labute approximate surface area is 227 Å². The van der Waals surface area contributed by atoms with Gasteiger partial charge >= 0.3 is 0 Å². The molecule has 0 amide bonds. The highest BCUT2D eigenvalue weighted by Crippen LogP contribution is 2.32. The lowest BCUT2D eigenvalue weighted by Gasteiger charge is -2.35. The Bertz CT molecular complexity index is 1510. The number of allylic oxidation sites excluding steroid dienone is 2. The van der Waals surface area contributed by atoms with Crippen LogP contribution in [0.2, 0.25) is 0 Å². The molecule has 39 heavy (non-hydrogen) atoms. The number of anilines is 2. The van der Waals surface area contributed by atoms with Gasteiger partial charge in [0.05, 0.1) is 5.69 Å². The van der Waals surface area contributed by atoms with Crippen molar-refractivity contribution in [1.29, 1.82) is 5.26 Å². The van der Waals surface area contributed by atoms with E-state index in [-0.39, 0.29) is 28.9 Å². The molecular weight excluding hydrogens is 498 g/mol. The Hall–Kier alpha value is -4.16. The molecule has 0 aliphatic carbocycles. The molecule has 2 aliphatic rings. The fraction of sp³-hybridized carbons (Fsp3) is 0.333. The van der Waals surface area contributed by atoms with Gasteiger partial charge in [-0.15, -0.1) is 0 Å². The maximum absolute atomic E-state index is 15.3. The Morgan fingerprint density at radius 1 is 1.15 bits per heavy atom. The van der Waals surface area contributed by atoms with Crippen molar-refractivity contribution in [2.75, 3.05) is 42.9 Å². The summed E-state index contributed by atoms with van der Waals surface area (Å²) in [7, 11) is 0. The fourth-order valence-corrected chi connectivity index (χ4v) is 5.05. The van der Waals surface area contributed by atoms with Gasteiger partial charge in [0.2, 0.25) is 0 Å². The van der Waals surface area contributed by atoms with Gasteiger partial charge in [0.15, 0.2) is 17.4 Å². The topological polar surface area (TPSA) is 79.7 Å². The number of halogens is 2. The lowest BCUT2D eigenvalue weighted by molar-refractivity contribution is 0.270. The Morgan fingerprint density at radius 3 is 2.67 bits per heavy atom. The summed E-state index contributed by atoms with van der Waals surface area (Å²) in [6.45, 7) is 10.2. The fourth-order valence-electron chi connectivity index (χ4n) is 5.05. The molecule has 2 N–H and O–H groups in total. The molecule has 7 nitrogen and oxygen atoms in total. The number of aryl methyl sites for hydroxylation is 1. The third kappa shape index (κ3) is 5.52. The summed E-state index contributed by atoms with van der Waals surface area (Å²) >= 11 is 0. The molecule has 1 atom stereocenters. The molecule has 1 saturated heterocycles. The molecule has 2 aliphatic heterocycles. The quantitative estimate of drug-likeness (QED) is 0.416. The van der Waals surface area contributed by atoms with Crippen molar-refractivity contribution in [3.05, 3.63) is 77.3 Å². The second-order valence-corrected chi connectivity index (χ2v) is 9.96. The second-order valence-electron chi connectivity index (χ2n) is 9.96. The van der Waals surface area contributed by atoms with Crippen LogP contribution in [0, 0.1) is 35.8 Å². The van der Waals surface area contributed by atoms with E-state index in [4.69, 9.17) is 4.74 Å². The number of hydrogen-bond acceptors (Lipinski definition) is 6. The molecule has 3 aromatic rings. The van der Waals surface area contributed by atoms with E-state index in [0.717, 1.165) is 38.4 Å². The Balaban J connectivity index is 1.43. The molecule has 0 radical (unpaired) electrons. The van der Waals surface area contributed by atoms with E-state index in [1.54, 1.807) is 36.5 Å². The molecular formula is C30H32F2N6O. The van der Waals surface area contributed by atoms with E-state index in [2.05, 4.69) is 33.2 Å². The van der Waals surface area contributed by atoms with Crippen molar-refractivity contribution in [2.24, 2.45) is 10.9 Å². The van der Waals surface area contributed by atoms with E-state index in [1.807, 2.05) is 24.8 Å². The van der Waals surface area contributed by atoms with Crippen molar-refractivity contribution >= 4 is 28.1 Å². The van der Waals surface area contributed by atoms with Gasteiger partial charge in [-0.1, -0.05) is 19.9 Å². The summed E-state index contributed by atoms with van der Waals surface area (Å²) in [5.74, 6) is -0.556. The van der Waals surface area contributed by atoms with E-state index >= 15 is 8.78 Å². The van der Waals surface area contributed by atoms with Crippen LogP contribution in [0.1, 0.15) is 26.0 Å². The molecule has 1 fully saturated rings. The predicted molar refractivity (Wildman–Crippen MR) is 151 cm³/mol. The number of nitriles is 1. The number of amidine groups is 1. The summed E-state index contributed by atoms with van der Waals surface area (Å²) < 4.78 is 36.6. The maximum atomic E-state index is 15.3. The van der Waals surface area contributed by atoms with E-state index in [1.165, 1.54) is 6.07 Å². The summed E-state index contributed by atoms with van der Waals surface area (Å²) in [4.78, 5) is 11.9. The van der Waals surface area contributed by atoms with Crippen molar-refractivity contribution in [1.82, 2.24) is 9.88 Å². The summed E-state index contributed by atoms with van der Waals surface area (Å²) in [6.07, 6.45) is 4.03. The van der Waals surface area contributed by atoms with Crippen molar-refractivity contribution in [3.8, 4) is 11.8 Å². The number of aliphatic imine (C=N–C) groups is 1. The molecule has 1 unspecified atom stereocenters. The van der Waals surface area contributed by atoms with Crippen LogP contribution in [0.15, 0.2) is 65.0 Å². The highest BCUT2D eigenvalue weighted by atomic mass is 19.1. The first kappa shape index (κ1) is 26.4. The molecule has 0 spiro atoms. The molecule has 9 heteroatoms. The van der Waals surface area contributed by atoms with Gasteiger partial charge in [-0.05, 0) is 56.3 Å². The number of H-pyrrole nitrogens is 1. The standard InChI is InChI=1S/C30H32F2N6O/c1-4-37-12-14-38(15-13-37)26-9-7-21(17-24(26)31)36-30-23(18-33)29(19(2)6-5-11-34-30)39-27-10-8-25-22(28(27)32)16-20(3)35-25/h5,7-11,16-17,19,35H,4,6,12-15H2,1-3H3,(H,34,36)/b11-5+,29-23+. The largest absolute Gasteiger partial charge is 0.457 e. The van der Waals surface area contributed by atoms with Crippen molar-refractivity contribution < 1.29 is 13.5 Å². The van der Waals surface area contributed by atoms with Crippen LogP contribution >= 0.6 is 0 Å². The first-order valence-electron chi connectivity index (χ1n) is 13.2. The maximum Gasteiger partial charge on any atom is 0.175 e. The minimum absolute atomic E-state index is 0.0265. The van der Waals surface area contributed by atoms with Crippen LogP contribution < -0.4 is 15.0 Å². The van der Waals surface area contributed by atoms with Crippen molar-refractivity contribution in [3.63, 3.8) is 0 Å². The molecule has 0 bridgehead atoms. The number of piperazine rings is 1. The third-order valence-electron chi connectivity index (χ3n) is 7.27. The minimum Gasteiger partial charge on any atom is -0.457 e. The summed E-state index contributed by atoms with van der Waals surface area (Å²) in [6, 6.07) is 12.1. The first-order chi connectivity index (χ1) is 18.9. The number of likely N-dealkylation sites (N-methyl/N-ethyl adjacent to an activating group) is 1. The van der Waals surface area contributed by atoms with Gasteiger partial charge < -0.3 is 24.8 Å². The van der Waals surface area contributed by atoms with Crippen LogP contribution in [0.4, 0.5) is 20.2 Å². The Kier molecular flexibility index (Phi) is 7.66. The number of hydrogen-bond donors (Lipinski definition) is 2. The number of aromatic amines is 1. The minimum atomic E-state index is -0.504. The average molecular weight is 531 g/mol. The van der Waals surface area contributed by atoms with Crippen molar-refractivity contribution in [2.45, 2.75) is 27.2 Å². The zero-order valence-electron chi connectivity index (χ0n) is 22.4. The van der Waals surface area contributed by atoms with E-state index in [9.17, 15) is 5.26 Å². The first-order valence-corrected chi connectivity index (χ1v) is 13.2. The molecule has 0 saturated carbocycles. The molecule has 1 aromatic heterocycles. The van der Waals surface area contributed by atoms with Crippen LogP contribution in [0.5, 0.6) is 5.75 Å². The van der Waals surface area contributed by atoms with Gasteiger partial charge in [-0.25, -0.2) is 13.8 Å². The normalized spacial score (nSPS) is 22.5. The number of nitrogens with zero attached hydrogens (tertiary/aromatic N) is 4. The highest BCUT2D eigenvalue weighted by molar-refractivity contribution is 6.11. The number of rotatable bonds is 5. The Morgan fingerprint density at radius 2 is 1.95 bits per heavy atom. The van der Waals surface area contributed by atoms with E-state index in [0.29, 0.717) is 34.5 Å².